The molecule has 2 aromatic carbocycles. The van der Waals surface area contributed by atoms with Gasteiger partial charge in [-0.15, -0.1) is 0 Å². The van der Waals surface area contributed by atoms with Gasteiger partial charge in [0.05, 0.1) is 13.2 Å². The summed E-state index contributed by atoms with van der Waals surface area (Å²) in [6, 6.07) is 13.7. The van der Waals surface area contributed by atoms with Crippen molar-refractivity contribution in [2.45, 2.75) is 13.3 Å². The number of nitrogens with one attached hydrogen (secondary N) is 1. The van der Waals surface area contributed by atoms with Crippen LogP contribution >= 0.6 is 0 Å². The quantitative estimate of drug-likeness (QED) is 0.754. The lowest BCUT2D eigenvalue weighted by Crippen LogP contribution is -2.31. The Morgan fingerprint density at radius 1 is 1.17 bits per heavy atom. The topological polar surface area (TPSA) is 41.6 Å². The molecule has 0 aliphatic carbocycles. The molecule has 1 amide bonds. The molecule has 0 bridgehead atoms. The second-order valence-corrected chi connectivity index (χ2v) is 5.76. The van der Waals surface area contributed by atoms with Gasteiger partial charge in [-0.3, -0.25) is 9.69 Å². The van der Waals surface area contributed by atoms with Crippen molar-refractivity contribution in [2.24, 2.45) is 0 Å². The fourth-order valence-corrected chi connectivity index (χ4v) is 2.28. The van der Waals surface area contributed by atoms with Crippen molar-refractivity contribution < 1.29 is 13.9 Å². The second-order valence-electron chi connectivity index (χ2n) is 5.76. The van der Waals surface area contributed by atoms with Gasteiger partial charge in [0, 0.05) is 12.2 Å². The molecule has 0 aliphatic rings. The summed E-state index contributed by atoms with van der Waals surface area (Å²) in [5, 5.41) is 2.92. The Balaban J connectivity index is 1.65. The van der Waals surface area contributed by atoms with E-state index < -0.39 is 0 Å². The summed E-state index contributed by atoms with van der Waals surface area (Å²) in [6.07, 6.45) is 0.783. The fraction of sp³-hybridized carbons (Fsp3) is 0.316. The SMILES string of the molecule is Cc1ccccc1NC(=O)CN(C)CCCOc1ccc(F)cc1. The van der Waals surface area contributed by atoms with Gasteiger partial charge in [-0.05, 0) is 56.3 Å². The van der Waals surface area contributed by atoms with Gasteiger partial charge in [0.2, 0.25) is 5.91 Å². The number of likely N-dealkylation sites (N-methyl/N-ethyl adjacent to an activating group) is 1. The van der Waals surface area contributed by atoms with E-state index in [0.717, 1.165) is 24.2 Å². The molecule has 24 heavy (non-hydrogen) atoms. The number of aryl methyl sites for hydroxylation is 1. The zero-order valence-electron chi connectivity index (χ0n) is 14.1. The molecule has 0 saturated heterocycles. The molecular weight excluding hydrogens is 307 g/mol. The first kappa shape index (κ1) is 17.9. The Kier molecular flexibility index (Phi) is 6.75. The average Bonchev–Trinajstić information content (AvgIpc) is 2.55. The third-order valence-corrected chi connectivity index (χ3v) is 3.60. The largest absolute Gasteiger partial charge is 0.494 e. The van der Waals surface area contributed by atoms with E-state index in [-0.39, 0.29) is 11.7 Å². The van der Waals surface area contributed by atoms with Crippen LogP contribution in [-0.4, -0.2) is 37.6 Å². The maximum absolute atomic E-state index is 12.8. The smallest absolute Gasteiger partial charge is 0.238 e. The Morgan fingerprint density at radius 3 is 2.58 bits per heavy atom. The van der Waals surface area contributed by atoms with Crippen molar-refractivity contribution in [3.05, 3.63) is 59.9 Å². The summed E-state index contributed by atoms with van der Waals surface area (Å²) in [6.45, 7) is 3.55. The van der Waals surface area contributed by atoms with Crippen LogP contribution in [0.4, 0.5) is 10.1 Å². The molecule has 0 aromatic heterocycles. The number of nitrogens with zero attached hydrogens (tertiary/aromatic N) is 1. The van der Waals surface area contributed by atoms with E-state index in [4.69, 9.17) is 4.74 Å². The van der Waals surface area contributed by atoms with Crippen LogP contribution in [0.15, 0.2) is 48.5 Å². The minimum Gasteiger partial charge on any atom is -0.494 e. The van der Waals surface area contributed by atoms with Crippen molar-refractivity contribution >= 4 is 11.6 Å². The molecule has 4 nitrogen and oxygen atoms in total. The summed E-state index contributed by atoms with van der Waals surface area (Å²) in [4.78, 5) is 14.0. The van der Waals surface area contributed by atoms with Gasteiger partial charge in [0.25, 0.3) is 0 Å². The van der Waals surface area contributed by atoms with E-state index in [2.05, 4.69) is 5.32 Å². The predicted octanol–water partition coefficient (Wildman–Crippen LogP) is 3.47. The second kappa shape index (κ2) is 9.03. The molecule has 0 aliphatic heterocycles. The molecule has 0 fully saturated rings. The van der Waals surface area contributed by atoms with Crippen molar-refractivity contribution in [3.8, 4) is 5.75 Å². The van der Waals surface area contributed by atoms with Gasteiger partial charge >= 0.3 is 0 Å². The molecule has 0 unspecified atom stereocenters. The number of hydrogen-bond acceptors (Lipinski definition) is 3. The number of para-hydroxylation sites is 1. The maximum atomic E-state index is 12.8. The number of anilines is 1. The number of benzene rings is 2. The van der Waals surface area contributed by atoms with E-state index in [0.29, 0.717) is 18.9 Å². The van der Waals surface area contributed by atoms with Crippen LogP contribution in [0.3, 0.4) is 0 Å². The summed E-state index contributed by atoms with van der Waals surface area (Å²) >= 11 is 0. The first-order valence-corrected chi connectivity index (χ1v) is 7.97. The average molecular weight is 330 g/mol. The van der Waals surface area contributed by atoms with Crippen LogP contribution in [0.2, 0.25) is 0 Å². The van der Waals surface area contributed by atoms with Crippen molar-refractivity contribution in [3.63, 3.8) is 0 Å². The Labute approximate surface area is 142 Å². The summed E-state index contributed by atoms with van der Waals surface area (Å²) in [5.41, 5.74) is 1.89. The van der Waals surface area contributed by atoms with Crippen molar-refractivity contribution in [2.75, 3.05) is 32.1 Å². The molecule has 5 heteroatoms. The molecule has 128 valence electrons. The number of rotatable bonds is 8. The molecular formula is C19H23FN2O2. The van der Waals surface area contributed by atoms with Crippen LogP contribution in [0.5, 0.6) is 5.75 Å². The Morgan fingerprint density at radius 2 is 1.88 bits per heavy atom. The van der Waals surface area contributed by atoms with E-state index in [1.165, 1.54) is 12.1 Å². The molecule has 0 spiro atoms. The molecule has 0 atom stereocenters. The number of halogens is 1. The third-order valence-electron chi connectivity index (χ3n) is 3.60. The van der Waals surface area contributed by atoms with E-state index in [9.17, 15) is 9.18 Å². The summed E-state index contributed by atoms with van der Waals surface area (Å²) in [7, 11) is 1.90. The molecule has 0 radical (unpaired) electrons. The molecule has 2 rings (SSSR count). The Hall–Kier alpha value is -2.40. The maximum Gasteiger partial charge on any atom is 0.238 e. The van der Waals surface area contributed by atoms with Gasteiger partial charge in [0.1, 0.15) is 11.6 Å². The first-order chi connectivity index (χ1) is 11.5. The minimum absolute atomic E-state index is 0.0359. The van der Waals surface area contributed by atoms with Crippen LogP contribution in [0, 0.1) is 12.7 Å². The van der Waals surface area contributed by atoms with Crippen molar-refractivity contribution in [1.82, 2.24) is 4.90 Å². The third kappa shape index (κ3) is 6.01. The first-order valence-electron chi connectivity index (χ1n) is 7.97. The van der Waals surface area contributed by atoms with Gasteiger partial charge in [-0.1, -0.05) is 18.2 Å². The molecule has 2 aromatic rings. The van der Waals surface area contributed by atoms with Crippen molar-refractivity contribution in [1.29, 1.82) is 0 Å². The molecule has 0 heterocycles. The van der Waals surface area contributed by atoms with E-state index in [1.807, 2.05) is 43.1 Å². The lowest BCUT2D eigenvalue weighted by molar-refractivity contribution is -0.117. The predicted molar refractivity (Wildman–Crippen MR) is 93.8 cm³/mol. The van der Waals surface area contributed by atoms with E-state index in [1.54, 1.807) is 12.1 Å². The van der Waals surface area contributed by atoms with Crippen LogP contribution < -0.4 is 10.1 Å². The number of ether oxygens (including phenoxy) is 1. The highest BCUT2D eigenvalue weighted by atomic mass is 19.1. The highest BCUT2D eigenvalue weighted by Gasteiger charge is 2.08. The number of amides is 1. The Bertz CT molecular complexity index is 659. The zero-order chi connectivity index (χ0) is 17.4. The normalized spacial score (nSPS) is 10.7. The minimum atomic E-state index is -0.276. The van der Waals surface area contributed by atoms with Crippen LogP contribution in [0.25, 0.3) is 0 Å². The zero-order valence-corrected chi connectivity index (χ0v) is 14.1. The summed E-state index contributed by atoms with van der Waals surface area (Å²) < 4.78 is 18.3. The fourth-order valence-electron chi connectivity index (χ4n) is 2.28. The number of carbonyl (C=O) groups is 1. The van der Waals surface area contributed by atoms with Gasteiger partial charge in [0.15, 0.2) is 0 Å². The van der Waals surface area contributed by atoms with Crippen LogP contribution in [0.1, 0.15) is 12.0 Å². The van der Waals surface area contributed by atoms with Gasteiger partial charge in [-0.2, -0.15) is 0 Å². The molecule has 1 N–H and O–H groups in total. The highest BCUT2D eigenvalue weighted by Crippen LogP contribution is 2.13. The number of carbonyl (C=O) groups excluding carboxylic acids is 1. The van der Waals surface area contributed by atoms with Gasteiger partial charge in [-0.25, -0.2) is 4.39 Å². The summed E-state index contributed by atoms with van der Waals surface area (Å²) in [5.74, 6) is 0.337. The standard InChI is InChI=1S/C19H23FN2O2/c1-15-6-3-4-7-18(15)21-19(23)14-22(2)12-5-13-24-17-10-8-16(20)9-11-17/h3-4,6-11H,5,12-14H2,1-2H3,(H,21,23). The van der Waals surface area contributed by atoms with Gasteiger partial charge < -0.3 is 10.1 Å². The molecule has 0 saturated carbocycles. The van der Waals surface area contributed by atoms with E-state index >= 15 is 0 Å². The lowest BCUT2D eigenvalue weighted by Gasteiger charge is -2.17. The number of hydrogen-bond donors (Lipinski definition) is 1. The lowest BCUT2D eigenvalue weighted by atomic mass is 10.2. The van der Waals surface area contributed by atoms with Crippen LogP contribution in [-0.2, 0) is 4.79 Å². The highest BCUT2D eigenvalue weighted by molar-refractivity contribution is 5.92. The monoisotopic (exact) mass is 330 g/mol.